The van der Waals surface area contributed by atoms with Gasteiger partial charge in [-0.05, 0) is 48.9 Å². The predicted octanol–water partition coefficient (Wildman–Crippen LogP) is 4.21. The predicted molar refractivity (Wildman–Crippen MR) is 88.7 cm³/mol. The van der Waals surface area contributed by atoms with Crippen molar-refractivity contribution in [3.63, 3.8) is 0 Å². The van der Waals surface area contributed by atoms with Gasteiger partial charge in [0.15, 0.2) is 0 Å². The fraction of sp³-hybridized carbons (Fsp3) is 0.611. The van der Waals surface area contributed by atoms with E-state index in [1.54, 1.807) is 0 Å². The van der Waals surface area contributed by atoms with Gasteiger partial charge in [0.05, 0.1) is 0 Å². The quantitative estimate of drug-likeness (QED) is 0.823. The number of anilines is 1. The number of carbonyl (C=O) groups is 1. The molecule has 1 aliphatic carbocycles. The smallest absolute Gasteiger partial charge is 0.251 e. The Bertz CT molecular complexity index is 447. The van der Waals surface area contributed by atoms with Crippen LogP contribution in [0.2, 0.25) is 0 Å². The van der Waals surface area contributed by atoms with Crippen LogP contribution in [0.25, 0.3) is 0 Å². The van der Waals surface area contributed by atoms with E-state index in [1.807, 2.05) is 24.3 Å². The minimum absolute atomic E-state index is 0.0452. The lowest BCUT2D eigenvalue weighted by molar-refractivity contribution is 0.0919. The summed E-state index contributed by atoms with van der Waals surface area (Å²) in [4.78, 5) is 12.2. The monoisotopic (exact) mass is 288 g/mol. The van der Waals surface area contributed by atoms with Crippen molar-refractivity contribution < 1.29 is 4.79 Å². The van der Waals surface area contributed by atoms with Crippen molar-refractivity contribution in [3.05, 3.63) is 29.8 Å². The third kappa shape index (κ3) is 4.76. The van der Waals surface area contributed by atoms with E-state index in [-0.39, 0.29) is 11.3 Å². The molecule has 116 valence electrons. The molecule has 2 rings (SSSR count). The summed E-state index contributed by atoms with van der Waals surface area (Å²) in [6.45, 7) is 6.19. The number of hydrogen-bond donors (Lipinski definition) is 2. The summed E-state index contributed by atoms with van der Waals surface area (Å²) in [5.74, 6) is 0.0452. The van der Waals surface area contributed by atoms with Gasteiger partial charge in [-0.25, -0.2) is 0 Å². The van der Waals surface area contributed by atoms with Gasteiger partial charge in [-0.2, -0.15) is 0 Å². The van der Waals surface area contributed by atoms with Crippen molar-refractivity contribution in [3.8, 4) is 0 Å². The molecule has 1 aliphatic rings. The number of hydrogen-bond acceptors (Lipinski definition) is 2. The minimum Gasteiger partial charge on any atom is -0.385 e. The summed E-state index contributed by atoms with van der Waals surface area (Å²) in [5, 5.41) is 6.43. The van der Waals surface area contributed by atoms with E-state index in [2.05, 4.69) is 24.5 Å². The van der Waals surface area contributed by atoms with E-state index in [0.717, 1.165) is 30.8 Å². The zero-order valence-electron chi connectivity index (χ0n) is 13.4. The van der Waals surface area contributed by atoms with Crippen LogP contribution in [-0.4, -0.2) is 19.0 Å². The maximum Gasteiger partial charge on any atom is 0.251 e. The second-order valence-electron chi connectivity index (χ2n) is 6.56. The summed E-state index contributed by atoms with van der Waals surface area (Å²) in [6, 6.07) is 7.76. The summed E-state index contributed by atoms with van der Waals surface area (Å²) in [7, 11) is 0. The number of benzene rings is 1. The molecule has 0 atom stereocenters. The molecule has 0 aliphatic heterocycles. The van der Waals surface area contributed by atoms with Gasteiger partial charge in [0.2, 0.25) is 0 Å². The number of rotatable bonds is 6. The Morgan fingerprint density at radius 3 is 2.43 bits per heavy atom. The van der Waals surface area contributed by atoms with Gasteiger partial charge in [-0.3, -0.25) is 4.79 Å². The lowest BCUT2D eigenvalue weighted by Crippen LogP contribution is -2.37. The summed E-state index contributed by atoms with van der Waals surface area (Å²) >= 11 is 0. The van der Waals surface area contributed by atoms with Crippen LogP contribution >= 0.6 is 0 Å². The largest absolute Gasteiger partial charge is 0.385 e. The first-order chi connectivity index (χ1) is 10.1. The van der Waals surface area contributed by atoms with Gasteiger partial charge in [-0.1, -0.05) is 33.1 Å². The molecule has 0 radical (unpaired) electrons. The van der Waals surface area contributed by atoms with Crippen molar-refractivity contribution in [2.24, 2.45) is 5.41 Å². The van der Waals surface area contributed by atoms with Crippen LogP contribution in [0.3, 0.4) is 0 Å². The minimum atomic E-state index is 0.0452. The van der Waals surface area contributed by atoms with E-state index < -0.39 is 0 Å². The highest BCUT2D eigenvalue weighted by molar-refractivity contribution is 5.94. The fourth-order valence-electron chi connectivity index (χ4n) is 2.99. The molecule has 1 amide bonds. The SMILES string of the molecule is CCCNc1ccc(C(=O)NCC2(C)CCCCC2)cc1. The average molecular weight is 288 g/mol. The summed E-state index contributed by atoms with van der Waals surface area (Å²) in [5.41, 5.74) is 2.11. The van der Waals surface area contributed by atoms with E-state index in [1.165, 1.54) is 32.1 Å². The van der Waals surface area contributed by atoms with E-state index in [9.17, 15) is 4.79 Å². The third-order valence-electron chi connectivity index (χ3n) is 4.46. The number of carbonyl (C=O) groups excluding carboxylic acids is 1. The average Bonchev–Trinajstić information content (AvgIpc) is 2.52. The van der Waals surface area contributed by atoms with Crippen molar-refractivity contribution in [2.45, 2.75) is 52.4 Å². The van der Waals surface area contributed by atoms with Gasteiger partial charge < -0.3 is 10.6 Å². The molecular weight excluding hydrogens is 260 g/mol. The van der Waals surface area contributed by atoms with Gasteiger partial charge in [0, 0.05) is 24.3 Å². The summed E-state index contributed by atoms with van der Waals surface area (Å²) in [6.07, 6.45) is 7.49. The summed E-state index contributed by atoms with van der Waals surface area (Å²) < 4.78 is 0. The van der Waals surface area contributed by atoms with Gasteiger partial charge in [0.25, 0.3) is 5.91 Å². The van der Waals surface area contributed by atoms with Crippen LogP contribution in [0.15, 0.2) is 24.3 Å². The molecule has 1 fully saturated rings. The Kier molecular flexibility index (Phi) is 5.66. The van der Waals surface area contributed by atoms with Crippen LogP contribution in [0.1, 0.15) is 62.7 Å². The molecule has 3 heteroatoms. The zero-order chi connectivity index (χ0) is 15.1. The molecule has 0 saturated heterocycles. The molecule has 0 spiro atoms. The standard InChI is InChI=1S/C18H28N2O/c1-3-13-19-16-9-7-15(8-10-16)17(21)20-14-18(2)11-5-4-6-12-18/h7-10,19H,3-6,11-14H2,1-2H3,(H,20,21). The van der Waals surface area contributed by atoms with E-state index >= 15 is 0 Å². The zero-order valence-corrected chi connectivity index (χ0v) is 13.4. The Hall–Kier alpha value is -1.51. The highest BCUT2D eigenvalue weighted by Crippen LogP contribution is 2.34. The lowest BCUT2D eigenvalue weighted by atomic mass is 9.76. The first-order valence-electron chi connectivity index (χ1n) is 8.25. The normalized spacial score (nSPS) is 17.2. The van der Waals surface area contributed by atoms with Crippen LogP contribution in [0.4, 0.5) is 5.69 Å². The van der Waals surface area contributed by atoms with Crippen LogP contribution in [0, 0.1) is 5.41 Å². The highest BCUT2D eigenvalue weighted by Gasteiger charge is 2.27. The number of nitrogens with one attached hydrogen (secondary N) is 2. The molecule has 2 N–H and O–H groups in total. The van der Waals surface area contributed by atoms with E-state index in [0.29, 0.717) is 0 Å². The van der Waals surface area contributed by atoms with Gasteiger partial charge >= 0.3 is 0 Å². The van der Waals surface area contributed by atoms with Crippen LogP contribution in [0.5, 0.6) is 0 Å². The Morgan fingerprint density at radius 1 is 1.14 bits per heavy atom. The van der Waals surface area contributed by atoms with Crippen molar-refractivity contribution in [1.29, 1.82) is 0 Å². The topological polar surface area (TPSA) is 41.1 Å². The fourth-order valence-corrected chi connectivity index (χ4v) is 2.99. The van der Waals surface area contributed by atoms with Crippen molar-refractivity contribution >= 4 is 11.6 Å². The molecule has 0 aromatic heterocycles. The molecule has 0 heterocycles. The van der Waals surface area contributed by atoms with Gasteiger partial charge in [-0.15, -0.1) is 0 Å². The van der Waals surface area contributed by atoms with Gasteiger partial charge in [0.1, 0.15) is 0 Å². The van der Waals surface area contributed by atoms with Crippen LogP contribution < -0.4 is 10.6 Å². The second-order valence-corrected chi connectivity index (χ2v) is 6.56. The lowest BCUT2D eigenvalue weighted by Gasteiger charge is -2.33. The van der Waals surface area contributed by atoms with Crippen molar-refractivity contribution in [1.82, 2.24) is 5.32 Å². The number of amides is 1. The first-order valence-corrected chi connectivity index (χ1v) is 8.25. The van der Waals surface area contributed by atoms with Crippen LogP contribution in [-0.2, 0) is 0 Å². The maximum absolute atomic E-state index is 12.2. The Balaban J connectivity index is 1.85. The molecule has 0 unspecified atom stereocenters. The second kappa shape index (κ2) is 7.48. The Labute approximate surface area is 128 Å². The first kappa shape index (κ1) is 15.9. The third-order valence-corrected chi connectivity index (χ3v) is 4.46. The molecule has 1 aromatic rings. The van der Waals surface area contributed by atoms with E-state index in [4.69, 9.17) is 0 Å². The molecule has 0 bridgehead atoms. The Morgan fingerprint density at radius 2 is 1.81 bits per heavy atom. The molecular formula is C18H28N2O. The molecule has 1 aromatic carbocycles. The maximum atomic E-state index is 12.2. The molecule has 21 heavy (non-hydrogen) atoms. The highest BCUT2D eigenvalue weighted by atomic mass is 16.1. The molecule has 1 saturated carbocycles. The molecule has 3 nitrogen and oxygen atoms in total. The van der Waals surface area contributed by atoms with Crippen molar-refractivity contribution in [2.75, 3.05) is 18.4 Å².